The molecule has 0 fully saturated rings. The van der Waals surface area contributed by atoms with Crippen molar-refractivity contribution in [2.24, 2.45) is 0 Å². The third-order valence-corrected chi connectivity index (χ3v) is 0.691. The van der Waals surface area contributed by atoms with Gasteiger partial charge in [0.15, 0.2) is 0 Å². The maximum absolute atomic E-state index is 8.60. The molecule has 0 atom stereocenters. The van der Waals surface area contributed by atoms with Gasteiger partial charge in [0.1, 0.15) is 0 Å². The Balaban J connectivity index is 0.000000490. The fourth-order valence-electron chi connectivity index (χ4n) is 0.384. The Kier molecular flexibility index (Phi) is 3.43. The van der Waals surface area contributed by atoms with Crippen molar-refractivity contribution in [1.29, 1.82) is 0 Å². The van der Waals surface area contributed by atoms with Crippen LogP contribution in [0.25, 0.3) is 0 Å². The average Bonchev–Trinajstić information content (AvgIpc) is 1.69. The minimum atomic E-state index is 0. The summed E-state index contributed by atoms with van der Waals surface area (Å²) in [6.07, 6.45) is 0. The minimum Gasteiger partial charge on any atom is -0.566 e. The van der Waals surface area contributed by atoms with E-state index in [4.69, 9.17) is 5.11 Å². The zero-order chi connectivity index (χ0) is 5.11. The quantitative estimate of drug-likeness (QED) is 0.301. The average molecular weight is 100 g/mol. The Hall–Kier alpha value is -0.383. The largest absolute Gasteiger partial charge is 1.00 e. The first-order chi connectivity index (χ1) is 3.39. The normalized spacial score (nSPS) is 7.50. The van der Waals surface area contributed by atoms with Gasteiger partial charge in [-0.2, -0.15) is 18.2 Å². The predicted molar refractivity (Wildman–Crippen MR) is 26.9 cm³/mol. The van der Waals surface area contributed by atoms with Crippen LogP contribution >= 0.6 is 0 Å². The van der Waals surface area contributed by atoms with Crippen molar-refractivity contribution >= 4 is 0 Å². The standard InChI is InChI=1S/C6H5O.Li/c7-6-4-2-1-3-5-6;/h1-2,4-5,7H;/q-1;+1. The van der Waals surface area contributed by atoms with Gasteiger partial charge in [0.25, 0.3) is 0 Å². The van der Waals surface area contributed by atoms with Crippen LogP contribution in [0.3, 0.4) is 0 Å². The van der Waals surface area contributed by atoms with Crippen molar-refractivity contribution in [3.05, 3.63) is 30.3 Å². The minimum absolute atomic E-state index is 0. The molecule has 0 heterocycles. The molecule has 1 rings (SSSR count). The van der Waals surface area contributed by atoms with Crippen LogP contribution in [0.5, 0.6) is 5.75 Å². The SMILES string of the molecule is Oc1c[c-]ccc1.[Li+]. The second kappa shape index (κ2) is 3.60. The van der Waals surface area contributed by atoms with Crippen LogP contribution in [-0.2, 0) is 0 Å². The maximum Gasteiger partial charge on any atom is 1.00 e. The zero-order valence-electron chi connectivity index (χ0n) is 4.76. The fourth-order valence-corrected chi connectivity index (χ4v) is 0.384. The van der Waals surface area contributed by atoms with E-state index in [-0.39, 0.29) is 24.6 Å². The number of hydrogen-bond acceptors (Lipinski definition) is 1. The van der Waals surface area contributed by atoms with Gasteiger partial charge < -0.3 is 5.11 Å². The Morgan fingerprint density at radius 2 is 2.25 bits per heavy atom. The number of hydrogen-bond donors (Lipinski definition) is 1. The molecule has 1 aromatic carbocycles. The van der Waals surface area contributed by atoms with Crippen molar-refractivity contribution in [3.63, 3.8) is 0 Å². The van der Waals surface area contributed by atoms with Crippen LogP contribution in [0.2, 0.25) is 0 Å². The summed E-state index contributed by atoms with van der Waals surface area (Å²) < 4.78 is 0. The van der Waals surface area contributed by atoms with E-state index >= 15 is 0 Å². The summed E-state index contributed by atoms with van der Waals surface area (Å²) in [6.45, 7) is 0. The molecular formula is C6H5LiO. The van der Waals surface area contributed by atoms with E-state index in [0.717, 1.165) is 0 Å². The van der Waals surface area contributed by atoms with Crippen molar-refractivity contribution in [3.8, 4) is 5.75 Å². The van der Waals surface area contributed by atoms with Crippen molar-refractivity contribution in [2.45, 2.75) is 0 Å². The molecule has 0 aliphatic heterocycles. The van der Waals surface area contributed by atoms with E-state index in [1.165, 1.54) is 6.07 Å². The molecule has 0 amide bonds. The number of rotatable bonds is 0. The molecule has 1 N–H and O–H groups in total. The molecule has 1 aromatic rings. The molecule has 0 aliphatic carbocycles. The first kappa shape index (κ1) is 7.62. The van der Waals surface area contributed by atoms with Crippen molar-refractivity contribution in [2.75, 3.05) is 0 Å². The van der Waals surface area contributed by atoms with Crippen LogP contribution < -0.4 is 18.9 Å². The van der Waals surface area contributed by atoms with E-state index in [9.17, 15) is 0 Å². The monoisotopic (exact) mass is 100 g/mol. The summed E-state index contributed by atoms with van der Waals surface area (Å²) in [7, 11) is 0. The Labute approximate surface area is 60.5 Å². The molecule has 0 aliphatic rings. The molecule has 2 heteroatoms. The summed E-state index contributed by atoms with van der Waals surface area (Å²) in [4.78, 5) is 0. The molecule has 8 heavy (non-hydrogen) atoms. The molecule has 36 valence electrons. The number of phenolic OH excluding ortho intramolecular Hbond substituents is 1. The molecule has 0 bridgehead atoms. The van der Waals surface area contributed by atoms with Crippen LogP contribution in [0, 0.1) is 6.07 Å². The summed E-state index contributed by atoms with van der Waals surface area (Å²) in [5.41, 5.74) is 0. The van der Waals surface area contributed by atoms with Crippen molar-refractivity contribution < 1.29 is 24.0 Å². The van der Waals surface area contributed by atoms with Gasteiger partial charge in [0, 0.05) is 5.75 Å². The van der Waals surface area contributed by atoms with E-state index in [1.807, 2.05) is 0 Å². The topological polar surface area (TPSA) is 20.2 Å². The number of aromatic hydroxyl groups is 1. The van der Waals surface area contributed by atoms with E-state index in [2.05, 4.69) is 6.07 Å². The third kappa shape index (κ3) is 2.06. The second-order valence-corrected chi connectivity index (χ2v) is 1.26. The van der Waals surface area contributed by atoms with Gasteiger partial charge in [-0.1, -0.05) is 0 Å². The van der Waals surface area contributed by atoms with Gasteiger partial charge in [-0.05, 0) is 0 Å². The summed E-state index contributed by atoms with van der Waals surface area (Å²) in [5, 5.41) is 8.60. The van der Waals surface area contributed by atoms with E-state index < -0.39 is 0 Å². The molecule has 0 saturated heterocycles. The molecular weight excluding hydrogens is 95.0 g/mol. The smallest absolute Gasteiger partial charge is 0.566 e. The van der Waals surface area contributed by atoms with Gasteiger partial charge in [-0.15, -0.1) is 12.1 Å². The summed E-state index contributed by atoms with van der Waals surface area (Å²) in [5.74, 6) is 0.266. The predicted octanol–water partition coefficient (Wildman–Crippen LogP) is -1.80. The number of phenols is 1. The molecule has 1 nitrogen and oxygen atoms in total. The molecule has 0 radical (unpaired) electrons. The molecule has 0 saturated carbocycles. The van der Waals surface area contributed by atoms with Crippen LogP contribution in [0.4, 0.5) is 0 Å². The van der Waals surface area contributed by atoms with Gasteiger partial charge in [0.2, 0.25) is 0 Å². The first-order valence-electron chi connectivity index (χ1n) is 2.04. The van der Waals surface area contributed by atoms with Crippen LogP contribution in [-0.4, -0.2) is 5.11 Å². The molecule has 0 spiro atoms. The third-order valence-electron chi connectivity index (χ3n) is 0.691. The summed E-state index contributed by atoms with van der Waals surface area (Å²) in [6, 6.07) is 9.30. The second-order valence-electron chi connectivity index (χ2n) is 1.26. The van der Waals surface area contributed by atoms with Gasteiger partial charge in [-0.25, -0.2) is 0 Å². The molecule has 0 unspecified atom stereocenters. The molecule has 0 aromatic heterocycles. The van der Waals surface area contributed by atoms with Crippen LogP contribution in [0.1, 0.15) is 0 Å². The summed E-state index contributed by atoms with van der Waals surface area (Å²) >= 11 is 0. The van der Waals surface area contributed by atoms with Gasteiger partial charge >= 0.3 is 18.9 Å². The Bertz CT molecular complexity index is 138. The van der Waals surface area contributed by atoms with Gasteiger partial charge in [-0.3, -0.25) is 0 Å². The van der Waals surface area contributed by atoms with Crippen LogP contribution in [0.15, 0.2) is 24.3 Å². The maximum atomic E-state index is 8.60. The zero-order valence-corrected chi connectivity index (χ0v) is 4.76. The van der Waals surface area contributed by atoms with Crippen molar-refractivity contribution in [1.82, 2.24) is 0 Å². The Morgan fingerprint density at radius 3 is 2.50 bits per heavy atom. The van der Waals surface area contributed by atoms with E-state index in [1.54, 1.807) is 18.2 Å². The van der Waals surface area contributed by atoms with Gasteiger partial charge in [0.05, 0.1) is 0 Å². The number of benzene rings is 1. The first-order valence-corrected chi connectivity index (χ1v) is 2.04. The fraction of sp³-hybridized carbons (Fsp3) is 0. The van der Waals surface area contributed by atoms with E-state index in [0.29, 0.717) is 0 Å². The Morgan fingerprint density at radius 1 is 1.50 bits per heavy atom.